The van der Waals surface area contributed by atoms with E-state index in [4.69, 9.17) is 9.47 Å². The van der Waals surface area contributed by atoms with Crippen molar-refractivity contribution in [2.45, 2.75) is 207 Å². The van der Waals surface area contributed by atoms with E-state index in [1.165, 1.54) is 154 Å². The summed E-state index contributed by atoms with van der Waals surface area (Å²) < 4.78 is 13.3. The van der Waals surface area contributed by atoms with E-state index >= 15 is 0 Å². The Labute approximate surface area is 348 Å². The summed E-state index contributed by atoms with van der Waals surface area (Å²) in [5.74, 6) is 4.81. The second-order valence-electron chi connectivity index (χ2n) is 15.5. The van der Waals surface area contributed by atoms with Crippen molar-refractivity contribution in [3.8, 4) is 0 Å². The van der Waals surface area contributed by atoms with Crippen LogP contribution in [0.2, 0.25) is 0 Å². The number of imidazole rings is 1. The normalized spacial score (nSPS) is 11.5. The molecule has 0 saturated carbocycles. The molecular formula is C46H87N3O4S2. The second-order valence-corrected chi connectivity index (χ2v) is 18.0. The standard InChI is InChI=1S/C46H87N3O4S2/c1-4-7-9-11-13-15-17-19-21-23-25-27-40-54-42-38-52-45(50)30-35-48(33-29-34-49-37-32-47-44(49)6-3)36-31-46(51)53-39-43-55-41-28-26-24-22-20-18-16-14-12-10-8-5-2/h32,37H,4-31,33-36,38-43H2,1-3H3. The minimum absolute atomic E-state index is 0.147. The molecule has 0 aliphatic rings. The molecule has 1 rings (SSSR count). The van der Waals surface area contributed by atoms with Crippen molar-refractivity contribution in [3.05, 3.63) is 18.2 Å². The van der Waals surface area contributed by atoms with Crippen LogP contribution in [0.4, 0.5) is 0 Å². The SMILES string of the molecule is CCCCCCCCCCCCCCSCCOC(=O)CCN(CCCn1ccnc1CC)CCC(=O)OCCSCCCCCCCCCCCCCC. The average Bonchev–Trinajstić information content (AvgIpc) is 3.65. The lowest BCUT2D eigenvalue weighted by Gasteiger charge is -2.22. The van der Waals surface area contributed by atoms with Gasteiger partial charge in [-0.15, -0.1) is 0 Å². The van der Waals surface area contributed by atoms with Crippen LogP contribution in [0.15, 0.2) is 12.4 Å². The number of carbonyl (C=O) groups is 2. The molecule has 0 spiro atoms. The maximum absolute atomic E-state index is 12.6. The van der Waals surface area contributed by atoms with Crippen LogP contribution in [0.25, 0.3) is 0 Å². The summed E-state index contributed by atoms with van der Waals surface area (Å²) in [6.07, 6.45) is 39.4. The van der Waals surface area contributed by atoms with Gasteiger partial charge in [-0.1, -0.05) is 162 Å². The molecule has 0 atom stereocenters. The lowest BCUT2D eigenvalue weighted by atomic mass is 10.1. The smallest absolute Gasteiger partial charge is 0.307 e. The monoisotopic (exact) mass is 810 g/mol. The van der Waals surface area contributed by atoms with E-state index in [9.17, 15) is 9.59 Å². The summed E-state index contributed by atoms with van der Waals surface area (Å²) in [6.45, 7) is 10.5. The van der Waals surface area contributed by atoms with Gasteiger partial charge in [0.1, 0.15) is 19.0 Å². The summed E-state index contributed by atoms with van der Waals surface area (Å²) in [5, 5.41) is 0. The molecule has 7 nitrogen and oxygen atoms in total. The molecule has 0 saturated heterocycles. The molecule has 1 aromatic rings. The van der Waals surface area contributed by atoms with Crippen LogP contribution in [0, 0.1) is 0 Å². The van der Waals surface area contributed by atoms with Crippen molar-refractivity contribution in [2.75, 3.05) is 55.9 Å². The molecule has 0 unspecified atom stereocenters. The van der Waals surface area contributed by atoms with Crippen LogP contribution in [0.5, 0.6) is 0 Å². The van der Waals surface area contributed by atoms with E-state index in [1.54, 1.807) is 0 Å². The van der Waals surface area contributed by atoms with Crippen LogP contribution in [-0.4, -0.2) is 82.2 Å². The molecule has 55 heavy (non-hydrogen) atoms. The maximum atomic E-state index is 12.6. The Bertz CT molecular complexity index is 927. The Morgan fingerprint density at radius 1 is 0.545 bits per heavy atom. The largest absolute Gasteiger partial charge is 0.465 e. The first-order valence-electron chi connectivity index (χ1n) is 23.3. The van der Waals surface area contributed by atoms with E-state index in [0.717, 1.165) is 54.8 Å². The minimum atomic E-state index is -0.147. The van der Waals surface area contributed by atoms with Crippen molar-refractivity contribution in [1.82, 2.24) is 14.5 Å². The fourth-order valence-electron chi connectivity index (χ4n) is 7.02. The average molecular weight is 810 g/mol. The lowest BCUT2D eigenvalue weighted by molar-refractivity contribution is -0.143. The Morgan fingerprint density at radius 3 is 1.35 bits per heavy atom. The second kappa shape index (κ2) is 41.0. The number of thioether (sulfide) groups is 2. The highest BCUT2D eigenvalue weighted by molar-refractivity contribution is 7.99. The zero-order valence-corrected chi connectivity index (χ0v) is 37.9. The molecule has 1 heterocycles. The number of esters is 2. The molecule has 9 heteroatoms. The topological polar surface area (TPSA) is 73.7 Å². The van der Waals surface area contributed by atoms with Crippen molar-refractivity contribution in [2.24, 2.45) is 0 Å². The zero-order chi connectivity index (χ0) is 39.7. The van der Waals surface area contributed by atoms with Crippen LogP contribution in [-0.2, 0) is 32.0 Å². The van der Waals surface area contributed by atoms with Gasteiger partial charge >= 0.3 is 11.9 Å². The molecule has 0 N–H and O–H groups in total. The summed E-state index contributed by atoms with van der Waals surface area (Å²) >= 11 is 3.79. The molecular weight excluding hydrogens is 723 g/mol. The third-order valence-electron chi connectivity index (χ3n) is 10.5. The van der Waals surface area contributed by atoms with Gasteiger partial charge in [0, 0.05) is 50.0 Å². The van der Waals surface area contributed by atoms with Gasteiger partial charge in [0.2, 0.25) is 0 Å². The molecule has 0 aliphatic carbocycles. The Balaban J connectivity index is 2.14. The van der Waals surface area contributed by atoms with Crippen LogP contribution < -0.4 is 0 Å². The van der Waals surface area contributed by atoms with Gasteiger partial charge in [-0.3, -0.25) is 9.59 Å². The predicted octanol–water partition coefficient (Wildman–Crippen LogP) is 12.9. The highest BCUT2D eigenvalue weighted by Crippen LogP contribution is 2.15. The molecule has 322 valence electrons. The van der Waals surface area contributed by atoms with E-state index in [-0.39, 0.29) is 11.9 Å². The zero-order valence-electron chi connectivity index (χ0n) is 36.3. The highest BCUT2D eigenvalue weighted by atomic mass is 32.2. The number of unbranched alkanes of at least 4 members (excludes halogenated alkanes) is 22. The van der Waals surface area contributed by atoms with Crippen LogP contribution >= 0.6 is 23.5 Å². The molecule has 0 amide bonds. The molecule has 0 aromatic carbocycles. The molecule has 0 radical (unpaired) electrons. The van der Waals surface area contributed by atoms with E-state index in [2.05, 4.69) is 35.2 Å². The quantitative estimate of drug-likeness (QED) is 0.0477. The van der Waals surface area contributed by atoms with Crippen molar-refractivity contribution in [1.29, 1.82) is 0 Å². The van der Waals surface area contributed by atoms with Crippen molar-refractivity contribution < 1.29 is 19.1 Å². The maximum Gasteiger partial charge on any atom is 0.307 e. The number of hydrogen-bond acceptors (Lipinski definition) is 8. The van der Waals surface area contributed by atoms with E-state index in [0.29, 0.717) is 39.1 Å². The highest BCUT2D eigenvalue weighted by Gasteiger charge is 2.13. The number of ether oxygens (including phenoxy) is 2. The summed E-state index contributed by atoms with van der Waals surface area (Å²) in [7, 11) is 0. The first-order chi connectivity index (χ1) is 27.1. The van der Waals surface area contributed by atoms with Gasteiger partial charge in [-0.05, 0) is 37.3 Å². The minimum Gasteiger partial charge on any atom is -0.465 e. The molecule has 0 fully saturated rings. The molecule has 0 aliphatic heterocycles. The van der Waals surface area contributed by atoms with Crippen molar-refractivity contribution in [3.63, 3.8) is 0 Å². The first kappa shape index (κ1) is 51.8. The van der Waals surface area contributed by atoms with E-state index in [1.807, 2.05) is 35.9 Å². The first-order valence-corrected chi connectivity index (χ1v) is 25.6. The third-order valence-corrected chi connectivity index (χ3v) is 12.6. The molecule has 1 aromatic heterocycles. The van der Waals surface area contributed by atoms with Gasteiger partial charge in [0.25, 0.3) is 0 Å². The van der Waals surface area contributed by atoms with E-state index < -0.39 is 0 Å². The Morgan fingerprint density at radius 2 is 0.945 bits per heavy atom. The van der Waals surface area contributed by atoms with Gasteiger partial charge in [0.05, 0.1) is 12.8 Å². The fourth-order valence-corrected chi connectivity index (χ4v) is 8.65. The third kappa shape index (κ3) is 34.6. The van der Waals surface area contributed by atoms with Crippen LogP contribution in [0.1, 0.15) is 200 Å². The van der Waals surface area contributed by atoms with Gasteiger partial charge in [-0.2, -0.15) is 23.5 Å². The number of carbonyl (C=O) groups excluding carboxylic acids is 2. The van der Waals surface area contributed by atoms with Gasteiger partial charge in [0.15, 0.2) is 0 Å². The number of aryl methyl sites for hydroxylation is 2. The Kier molecular flexibility index (Phi) is 38.6. The number of nitrogens with zero attached hydrogens (tertiary/aromatic N) is 3. The predicted molar refractivity (Wildman–Crippen MR) is 241 cm³/mol. The van der Waals surface area contributed by atoms with Crippen molar-refractivity contribution >= 4 is 35.5 Å². The van der Waals surface area contributed by atoms with Gasteiger partial charge < -0.3 is 18.9 Å². The summed E-state index contributed by atoms with van der Waals surface area (Å²) in [4.78, 5) is 31.8. The van der Waals surface area contributed by atoms with Crippen LogP contribution in [0.3, 0.4) is 0 Å². The number of rotatable bonds is 43. The number of hydrogen-bond donors (Lipinski definition) is 0. The fraction of sp³-hybridized carbons (Fsp3) is 0.891. The van der Waals surface area contributed by atoms with Gasteiger partial charge in [-0.25, -0.2) is 4.98 Å². The summed E-state index contributed by atoms with van der Waals surface area (Å²) in [5.41, 5.74) is 0. The Hall–Kier alpha value is -1.19. The molecule has 0 bridgehead atoms. The summed E-state index contributed by atoms with van der Waals surface area (Å²) in [6, 6.07) is 0. The number of aromatic nitrogens is 2. The lowest BCUT2D eigenvalue weighted by Crippen LogP contribution is -2.31.